The molecule has 0 aromatic heterocycles. The first kappa shape index (κ1) is 92.8. The molecule has 22 rings (SSSR count). The summed E-state index contributed by atoms with van der Waals surface area (Å²) in [6.07, 6.45) is -34.4. The van der Waals surface area contributed by atoms with E-state index < -0.39 is 215 Å². The molecular formula is C69H122N2O36S2. The molecule has 22 aliphatic heterocycles. The lowest BCUT2D eigenvalue weighted by atomic mass is 9.94. The van der Waals surface area contributed by atoms with Gasteiger partial charge in [0.05, 0.1) is 52.3 Å². The minimum Gasteiger partial charge on any atom is -0.382 e. The van der Waals surface area contributed by atoms with Gasteiger partial charge in [0.1, 0.15) is 165 Å². The third-order valence-electron chi connectivity index (χ3n) is 20.7. The minimum absolute atomic E-state index is 0.00889. The van der Waals surface area contributed by atoms with Crippen molar-refractivity contribution < 1.29 is 171 Å². The summed E-state index contributed by atoms with van der Waals surface area (Å²) in [5.41, 5.74) is 0. The lowest BCUT2D eigenvalue weighted by molar-refractivity contribution is -0.403. The van der Waals surface area contributed by atoms with Crippen LogP contribution in [-0.2, 0) is 171 Å². The highest BCUT2D eigenvalue weighted by atomic mass is 33.1. The average molecular weight is 1620 g/mol. The summed E-state index contributed by atoms with van der Waals surface area (Å²) in [5.74, 6) is 0.111. The maximum absolute atomic E-state index is 13.9. The molecule has 40 heteroatoms. The fourth-order valence-electron chi connectivity index (χ4n) is 15.7. The number of hydrogen-bond donors (Lipinski definition) is 2. The molecule has 0 aliphatic carbocycles. The van der Waals surface area contributed by atoms with E-state index in [0.717, 1.165) is 0 Å². The van der Waals surface area contributed by atoms with Crippen molar-refractivity contribution in [1.29, 1.82) is 0 Å². The highest BCUT2D eigenvalue weighted by Crippen LogP contribution is 2.42. The van der Waals surface area contributed by atoms with Crippen LogP contribution in [0.4, 0.5) is 0 Å². The molecule has 109 heavy (non-hydrogen) atoms. The molecule has 0 saturated carbocycles. The lowest BCUT2D eigenvalue weighted by Crippen LogP contribution is -2.70. The summed E-state index contributed by atoms with van der Waals surface area (Å²) >= 11 is 0. The number of ether oxygens (including phenoxy) is 34. The second kappa shape index (κ2) is 47.0. The number of amides is 2. The predicted molar refractivity (Wildman–Crippen MR) is 378 cm³/mol. The van der Waals surface area contributed by atoms with Crippen LogP contribution >= 0.6 is 21.6 Å². The third-order valence-corrected chi connectivity index (χ3v) is 23.1. The Morgan fingerprint density at radius 3 is 0.688 bits per heavy atom. The van der Waals surface area contributed by atoms with Crippen LogP contribution in [0.25, 0.3) is 0 Å². The molecule has 0 aromatic rings. The molecule has 636 valence electrons. The van der Waals surface area contributed by atoms with Crippen LogP contribution in [-0.4, -0.2) is 434 Å². The van der Waals surface area contributed by atoms with Crippen LogP contribution in [0.1, 0.15) is 12.8 Å². The van der Waals surface area contributed by atoms with Gasteiger partial charge in [0.15, 0.2) is 44.0 Å². The molecule has 35 atom stereocenters. The van der Waals surface area contributed by atoms with Gasteiger partial charge in [-0.15, -0.1) is 0 Å². The van der Waals surface area contributed by atoms with Crippen LogP contribution in [0.5, 0.6) is 0 Å². The Bertz CT molecular complexity index is 2570. The first-order valence-corrected chi connectivity index (χ1v) is 38.6. The molecule has 2 amide bonds. The molecule has 22 saturated heterocycles. The second-order valence-electron chi connectivity index (χ2n) is 26.8. The van der Waals surface area contributed by atoms with Gasteiger partial charge in [-0.3, -0.25) is 9.59 Å². The van der Waals surface area contributed by atoms with Gasteiger partial charge in [-0.1, -0.05) is 21.6 Å². The van der Waals surface area contributed by atoms with E-state index in [9.17, 15) is 9.59 Å². The normalized spacial score (nSPS) is 43.5. The number of rotatable bonds is 28. The molecular weight excluding hydrogens is 1500 g/mol. The highest BCUT2D eigenvalue weighted by molar-refractivity contribution is 8.76. The molecule has 22 fully saturated rings. The topological polar surface area (TPSA) is 372 Å². The van der Waals surface area contributed by atoms with E-state index in [2.05, 4.69) is 10.6 Å². The van der Waals surface area contributed by atoms with Crippen LogP contribution in [0.3, 0.4) is 0 Å². The number of fused-ring (bicyclic) bond motifs is 1. The van der Waals surface area contributed by atoms with Crippen molar-refractivity contribution in [2.45, 2.75) is 228 Å². The molecule has 22 heterocycles. The Kier molecular flexibility index (Phi) is 40.0. The van der Waals surface area contributed by atoms with Crippen molar-refractivity contribution in [3.63, 3.8) is 0 Å². The molecule has 0 aromatic carbocycles. The Morgan fingerprint density at radius 1 is 0.248 bits per heavy atom. The summed E-state index contributed by atoms with van der Waals surface area (Å²) in [6.45, 7) is -0.276. The maximum Gasteiger partial charge on any atom is 0.222 e. The number of carbonyl (C=O) groups is 2. The first-order chi connectivity index (χ1) is 53.0. The van der Waals surface area contributed by atoms with Gasteiger partial charge in [0.25, 0.3) is 0 Å². The zero-order valence-electron chi connectivity index (χ0n) is 66.5. The van der Waals surface area contributed by atoms with E-state index >= 15 is 0 Å². The summed E-state index contributed by atoms with van der Waals surface area (Å²) in [7, 11) is 34.3. The largest absolute Gasteiger partial charge is 0.382 e. The van der Waals surface area contributed by atoms with Crippen molar-refractivity contribution >= 4 is 33.4 Å². The fourth-order valence-corrected chi connectivity index (χ4v) is 17.7. The van der Waals surface area contributed by atoms with Gasteiger partial charge in [0.2, 0.25) is 11.8 Å². The van der Waals surface area contributed by atoms with Crippen LogP contribution in [0.15, 0.2) is 0 Å². The second-order valence-corrected chi connectivity index (χ2v) is 29.5. The quantitative estimate of drug-likeness (QED) is 0.0877. The molecule has 2 N–H and O–H groups in total. The van der Waals surface area contributed by atoms with E-state index in [1.807, 2.05) is 0 Å². The lowest BCUT2D eigenvalue weighted by Gasteiger charge is -2.52. The van der Waals surface area contributed by atoms with Gasteiger partial charge in [-0.25, -0.2) is 0 Å². The fraction of sp³-hybridized carbons (Fsp3) is 0.971. The molecule has 0 unspecified atom stereocenters. The summed E-state index contributed by atoms with van der Waals surface area (Å²) in [6, 6.07) is -0.790. The summed E-state index contributed by atoms with van der Waals surface area (Å²) in [4.78, 5) is 27.8. The summed E-state index contributed by atoms with van der Waals surface area (Å²) < 4.78 is 217. The Morgan fingerprint density at radius 2 is 0.450 bits per heavy atom. The zero-order chi connectivity index (χ0) is 79.0. The smallest absolute Gasteiger partial charge is 0.222 e. The van der Waals surface area contributed by atoms with E-state index in [-0.39, 0.29) is 70.9 Å². The highest BCUT2D eigenvalue weighted by Gasteiger charge is 2.61. The summed E-state index contributed by atoms with van der Waals surface area (Å²) in [5, 5.41) is 6.09. The van der Waals surface area contributed by atoms with Crippen molar-refractivity contribution in [2.24, 2.45) is 0 Å². The molecule has 0 radical (unpaired) electrons. The van der Waals surface area contributed by atoms with Crippen LogP contribution in [0.2, 0.25) is 0 Å². The van der Waals surface area contributed by atoms with Crippen molar-refractivity contribution in [3.05, 3.63) is 0 Å². The third kappa shape index (κ3) is 22.2. The Balaban J connectivity index is 1.14. The number of methoxy groups -OCH3 is 21. The Labute approximate surface area is 646 Å². The minimum atomic E-state index is -1.25. The predicted octanol–water partition coefficient (Wildman–Crippen LogP) is -1.12. The van der Waals surface area contributed by atoms with E-state index in [1.54, 1.807) is 0 Å². The Hall–Kier alpha value is -1.72. The average Bonchev–Trinajstić information content (AvgIpc) is 0.762. The van der Waals surface area contributed by atoms with E-state index in [1.165, 1.54) is 171 Å². The zero-order valence-corrected chi connectivity index (χ0v) is 68.1. The van der Waals surface area contributed by atoms with Crippen molar-refractivity contribution in [1.82, 2.24) is 10.6 Å². The van der Waals surface area contributed by atoms with Gasteiger partial charge in [0, 0.05) is 174 Å². The maximum atomic E-state index is 13.9. The SMILES string of the molecule is COC[C@H]1O[C@@H]2O[C@H]3[C@H](OC)[C@@H](OC)[C@@H](O[C@H]4[C@H](OC)[C@@H](OC)[C@@H](O[C@H]5[C@H](OC)[C@@H](OC)[C@@H](O[C@H]6[C@H](OC)[C@@H](OC)[C@@H](O[C@H]7[C@H](OC)[C@@H](OC)[C@@H](O[C@H]8[C@H](OC)[C@@H](OC)[C@@H](NC(=O)CCSSCCC(=O)N[C@H]1[C@H](OC)[C@H]2OC)O[C@@H]8COC)O[C@@H]7COC)O[C@@H]6COC)O[C@@H]5COC)O[C@@H]4COC)O[C@@H]3COC. The number of hydrogen-bond acceptors (Lipinski definition) is 38. The standard InChI is InChI=1S/C69H122N2O36S2/c1-74-26-33-42-49(81-8)57(89-16)64(96-33)103-44-35(28-76-3)98-66(59(91-18)51(44)83-10)105-46-37(30-78-5)100-68(61(93-20)53(46)85-12)107-48-39(32-80-7)101-69(62(94-21)55(48)87-14)106-47-38(31-79-6)99-67(60(92-19)54(47)86-13)104-45-36(29-77-4)97-65(58(90-17)52(45)84-11)102-43-34(27-75-2)95-63(56(88-15)50(43)82-9)71-41(73)23-25-109-108-24-22-40(72)70-42/h33-39,42-69H,22-32H2,1-21H3,(H,70,72)(H,71,73)/t33-,34-,35-,36-,37-,38-,39-,42-,43-,44-,45-,46-,47-,48-,49+,50+,51+,52+,53+,54+,55+,56-,57-,58-,59-,60-,61-,62-,63+,64-,65-,66-,67-,68-,69-/m1/s1. The molecule has 38 nitrogen and oxygen atoms in total. The first-order valence-electron chi connectivity index (χ1n) is 36.1. The van der Waals surface area contributed by atoms with Gasteiger partial charge < -0.3 is 172 Å². The van der Waals surface area contributed by atoms with Crippen molar-refractivity contribution in [3.8, 4) is 0 Å². The molecule has 22 aliphatic rings. The van der Waals surface area contributed by atoms with E-state index in [4.69, 9.17) is 161 Å². The van der Waals surface area contributed by atoms with Gasteiger partial charge in [-0.05, 0) is 0 Å². The van der Waals surface area contributed by atoms with Gasteiger partial charge in [-0.2, -0.15) is 0 Å². The molecule has 0 spiro atoms. The number of nitrogens with one attached hydrogen (secondary N) is 2. The van der Waals surface area contributed by atoms with Crippen LogP contribution < -0.4 is 10.6 Å². The monoisotopic (exact) mass is 1620 g/mol. The van der Waals surface area contributed by atoms with E-state index in [0.29, 0.717) is 11.5 Å². The van der Waals surface area contributed by atoms with Crippen molar-refractivity contribution in [2.75, 3.05) is 207 Å². The van der Waals surface area contributed by atoms with Gasteiger partial charge >= 0.3 is 0 Å². The molecule has 14 bridgehead atoms. The number of carbonyl (C=O) groups excluding carboxylic acids is 2. The van der Waals surface area contributed by atoms with Crippen LogP contribution in [0, 0.1) is 0 Å².